The molecule has 0 unspecified atom stereocenters. The summed E-state index contributed by atoms with van der Waals surface area (Å²) in [5.41, 5.74) is 1.76. The first kappa shape index (κ1) is 18.0. The van der Waals surface area contributed by atoms with E-state index in [4.69, 9.17) is 0 Å². The zero-order chi connectivity index (χ0) is 17.7. The minimum Gasteiger partial charge on any atom is -0.340 e. The highest BCUT2D eigenvalue weighted by Crippen LogP contribution is 2.28. The van der Waals surface area contributed by atoms with Crippen LogP contribution in [0.25, 0.3) is 0 Å². The number of piperidine rings is 1. The van der Waals surface area contributed by atoms with Crippen molar-refractivity contribution in [3.8, 4) is 0 Å². The number of hydrogen-bond acceptors (Lipinski definition) is 0. The Labute approximate surface area is 146 Å². The molecule has 0 bridgehead atoms. The molecule has 3 rings (SSSR count). The fourth-order valence-electron chi connectivity index (χ4n) is 3.48. The molecular weight excluding hydrogens is 325 g/mol. The molecule has 1 fully saturated rings. The van der Waals surface area contributed by atoms with Gasteiger partial charge in [-0.1, -0.05) is 42.5 Å². The third kappa shape index (κ3) is 5.31. The summed E-state index contributed by atoms with van der Waals surface area (Å²) in [7, 11) is 0. The molecular formula is C20H25F3N2+2. The van der Waals surface area contributed by atoms with E-state index in [9.17, 15) is 13.2 Å². The molecule has 2 aromatic rings. The second kappa shape index (κ2) is 8.02. The average Bonchev–Trinajstić information content (AvgIpc) is 2.62. The lowest BCUT2D eigenvalue weighted by atomic mass is 10.0. The molecule has 0 radical (unpaired) electrons. The zero-order valence-corrected chi connectivity index (χ0v) is 14.2. The SMILES string of the molecule is FC(F)(F)c1ccc(C[NH2+]C2CC[NH+](Cc3ccccc3)CC2)cc1. The van der Waals surface area contributed by atoms with E-state index in [1.54, 1.807) is 17.0 Å². The molecule has 2 aromatic carbocycles. The van der Waals surface area contributed by atoms with E-state index < -0.39 is 11.7 Å². The number of benzene rings is 2. The number of nitrogens with two attached hydrogens (primary N) is 1. The van der Waals surface area contributed by atoms with Gasteiger partial charge in [0.1, 0.15) is 13.1 Å². The van der Waals surface area contributed by atoms with E-state index in [-0.39, 0.29) is 0 Å². The van der Waals surface area contributed by atoms with Gasteiger partial charge in [0.2, 0.25) is 0 Å². The third-order valence-electron chi connectivity index (χ3n) is 5.00. The average molecular weight is 350 g/mol. The van der Waals surface area contributed by atoms with Gasteiger partial charge in [-0.05, 0) is 12.1 Å². The molecule has 0 atom stereocenters. The van der Waals surface area contributed by atoms with Crippen LogP contribution in [0.5, 0.6) is 0 Å². The fourth-order valence-corrected chi connectivity index (χ4v) is 3.48. The first-order valence-electron chi connectivity index (χ1n) is 8.87. The first-order chi connectivity index (χ1) is 12.0. The van der Waals surface area contributed by atoms with Gasteiger partial charge in [-0.2, -0.15) is 13.2 Å². The maximum Gasteiger partial charge on any atom is 0.416 e. The van der Waals surface area contributed by atoms with E-state index in [1.807, 2.05) is 6.07 Å². The van der Waals surface area contributed by atoms with Gasteiger partial charge < -0.3 is 10.2 Å². The van der Waals surface area contributed by atoms with Crippen molar-refractivity contribution in [1.29, 1.82) is 0 Å². The second-order valence-electron chi connectivity index (χ2n) is 6.88. The maximum atomic E-state index is 12.6. The number of halogens is 3. The zero-order valence-electron chi connectivity index (χ0n) is 14.2. The molecule has 1 saturated heterocycles. The lowest BCUT2D eigenvalue weighted by Gasteiger charge is -2.28. The smallest absolute Gasteiger partial charge is 0.340 e. The van der Waals surface area contributed by atoms with Crippen LogP contribution in [0.4, 0.5) is 13.2 Å². The van der Waals surface area contributed by atoms with Gasteiger partial charge in [-0.3, -0.25) is 0 Å². The summed E-state index contributed by atoms with van der Waals surface area (Å²) in [5.74, 6) is 0. The topological polar surface area (TPSA) is 21.1 Å². The van der Waals surface area contributed by atoms with Gasteiger partial charge in [0.15, 0.2) is 0 Å². The minimum absolute atomic E-state index is 0.571. The predicted octanol–water partition coefficient (Wildman–Crippen LogP) is 2.02. The van der Waals surface area contributed by atoms with Gasteiger partial charge in [-0.25, -0.2) is 0 Å². The normalized spacial score (nSPS) is 21.2. The minimum atomic E-state index is -4.25. The Bertz CT molecular complexity index is 645. The number of nitrogens with one attached hydrogen (secondary N) is 1. The van der Waals surface area contributed by atoms with E-state index in [1.165, 1.54) is 17.7 Å². The van der Waals surface area contributed by atoms with Crippen LogP contribution in [0.2, 0.25) is 0 Å². The van der Waals surface area contributed by atoms with E-state index >= 15 is 0 Å². The molecule has 0 aromatic heterocycles. The summed E-state index contributed by atoms with van der Waals surface area (Å²) < 4.78 is 37.7. The Morgan fingerprint density at radius 3 is 2.12 bits per heavy atom. The van der Waals surface area contributed by atoms with Crippen molar-refractivity contribution in [3.05, 3.63) is 71.3 Å². The van der Waals surface area contributed by atoms with Gasteiger partial charge in [0, 0.05) is 24.0 Å². The van der Waals surface area contributed by atoms with Gasteiger partial charge in [0.25, 0.3) is 0 Å². The molecule has 134 valence electrons. The van der Waals surface area contributed by atoms with Crippen molar-refractivity contribution >= 4 is 0 Å². The van der Waals surface area contributed by atoms with Crippen molar-refractivity contribution in [2.45, 2.75) is 38.1 Å². The summed E-state index contributed by atoms with van der Waals surface area (Å²) in [5, 5.41) is 2.28. The number of hydrogen-bond donors (Lipinski definition) is 2. The highest BCUT2D eigenvalue weighted by atomic mass is 19.4. The van der Waals surface area contributed by atoms with Crippen molar-refractivity contribution < 1.29 is 23.4 Å². The van der Waals surface area contributed by atoms with E-state index in [2.05, 4.69) is 29.6 Å². The Kier molecular flexibility index (Phi) is 5.76. The molecule has 1 heterocycles. The summed E-state index contributed by atoms with van der Waals surface area (Å²) in [6.07, 6.45) is -1.94. The van der Waals surface area contributed by atoms with Crippen LogP contribution in [0, 0.1) is 0 Å². The maximum absolute atomic E-state index is 12.6. The summed E-state index contributed by atoms with van der Waals surface area (Å²) in [6.45, 7) is 4.13. The number of quaternary nitrogens is 2. The van der Waals surface area contributed by atoms with Crippen LogP contribution in [0.1, 0.15) is 29.5 Å². The molecule has 0 amide bonds. The Hall–Kier alpha value is -1.85. The molecule has 0 saturated carbocycles. The molecule has 1 aliphatic rings. The summed E-state index contributed by atoms with van der Waals surface area (Å²) >= 11 is 0. The van der Waals surface area contributed by atoms with Crippen LogP contribution in [-0.2, 0) is 19.3 Å². The van der Waals surface area contributed by atoms with Crippen LogP contribution >= 0.6 is 0 Å². The van der Waals surface area contributed by atoms with E-state index in [0.717, 1.165) is 44.6 Å². The standard InChI is InChI=1S/C20H23F3N2/c21-20(22,23)18-8-6-16(7-9-18)14-24-19-10-12-25(13-11-19)15-17-4-2-1-3-5-17/h1-9,19,24H,10-15H2/p+2. The van der Waals surface area contributed by atoms with Crippen LogP contribution in [0.3, 0.4) is 0 Å². The van der Waals surface area contributed by atoms with Crippen molar-refractivity contribution in [2.75, 3.05) is 13.1 Å². The largest absolute Gasteiger partial charge is 0.416 e. The lowest BCUT2D eigenvalue weighted by molar-refractivity contribution is -0.926. The lowest BCUT2D eigenvalue weighted by Crippen LogP contribution is -3.13. The van der Waals surface area contributed by atoms with Crippen LogP contribution in [0.15, 0.2) is 54.6 Å². The quantitative estimate of drug-likeness (QED) is 0.823. The molecule has 25 heavy (non-hydrogen) atoms. The van der Waals surface area contributed by atoms with Crippen molar-refractivity contribution in [3.63, 3.8) is 0 Å². The van der Waals surface area contributed by atoms with Gasteiger partial charge in [-0.15, -0.1) is 0 Å². The van der Waals surface area contributed by atoms with Crippen molar-refractivity contribution in [2.24, 2.45) is 0 Å². The van der Waals surface area contributed by atoms with Crippen LogP contribution in [-0.4, -0.2) is 19.1 Å². The Morgan fingerprint density at radius 1 is 0.880 bits per heavy atom. The monoisotopic (exact) mass is 350 g/mol. The number of rotatable bonds is 5. The fraction of sp³-hybridized carbons (Fsp3) is 0.400. The molecule has 1 aliphatic heterocycles. The Balaban J connectivity index is 1.42. The summed E-state index contributed by atoms with van der Waals surface area (Å²) in [6, 6.07) is 16.7. The van der Waals surface area contributed by atoms with Gasteiger partial charge in [0.05, 0.1) is 24.7 Å². The molecule has 3 N–H and O–H groups in total. The third-order valence-corrected chi connectivity index (χ3v) is 5.00. The molecule has 2 nitrogen and oxygen atoms in total. The highest BCUT2D eigenvalue weighted by molar-refractivity contribution is 5.23. The highest BCUT2D eigenvalue weighted by Gasteiger charge is 2.30. The summed E-state index contributed by atoms with van der Waals surface area (Å²) in [4.78, 5) is 1.62. The number of alkyl halides is 3. The van der Waals surface area contributed by atoms with Crippen LogP contribution < -0.4 is 10.2 Å². The molecule has 0 aliphatic carbocycles. The van der Waals surface area contributed by atoms with E-state index in [0.29, 0.717) is 6.04 Å². The second-order valence-corrected chi connectivity index (χ2v) is 6.88. The predicted molar refractivity (Wildman–Crippen MR) is 90.9 cm³/mol. The molecule has 0 spiro atoms. The van der Waals surface area contributed by atoms with Crippen molar-refractivity contribution in [1.82, 2.24) is 0 Å². The number of likely N-dealkylation sites (tertiary alicyclic amines) is 1. The van der Waals surface area contributed by atoms with Gasteiger partial charge >= 0.3 is 6.18 Å². The first-order valence-corrected chi connectivity index (χ1v) is 8.87. The molecule has 5 heteroatoms. The Morgan fingerprint density at radius 2 is 1.52 bits per heavy atom.